The highest BCUT2D eigenvalue weighted by Gasteiger charge is 2.13. The Balaban J connectivity index is 2.14. The van der Waals surface area contributed by atoms with Gasteiger partial charge in [0.2, 0.25) is 0 Å². The number of nitrogens with zero attached hydrogens (tertiary/aromatic N) is 2. The van der Waals surface area contributed by atoms with E-state index in [2.05, 4.69) is 21.0 Å². The van der Waals surface area contributed by atoms with Crippen LogP contribution in [-0.2, 0) is 13.0 Å². The largest absolute Gasteiger partial charge is 0.386 e. The summed E-state index contributed by atoms with van der Waals surface area (Å²) in [6, 6.07) is 9.86. The Kier molecular flexibility index (Phi) is 3.97. The monoisotopic (exact) mass is 294 g/mol. The van der Waals surface area contributed by atoms with Gasteiger partial charge >= 0.3 is 0 Å². The lowest BCUT2D eigenvalue weighted by molar-refractivity contribution is 0.167. The summed E-state index contributed by atoms with van der Waals surface area (Å²) in [5.41, 5.74) is 1.98. The molecule has 0 saturated carbocycles. The molecule has 1 N–H and O–H groups in total. The minimum Gasteiger partial charge on any atom is -0.386 e. The topological polar surface area (TPSA) is 38.0 Å². The van der Waals surface area contributed by atoms with Gasteiger partial charge in [0, 0.05) is 23.6 Å². The Hall–Kier alpha value is -1.13. The summed E-state index contributed by atoms with van der Waals surface area (Å²) in [4.78, 5) is 0. The number of aliphatic hydroxyl groups excluding tert-OH is 1. The van der Waals surface area contributed by atoms with Crippen molar-refractivity contribution in [3.8, 4) is 0 Å². The molecule has 0 aliphatic heterocycles. The maximum absolute atomic E-state index is 10.2. The standard InChI is InChI=1S/C13H15BrN2O/c1-2-16-12(6-7-15-16)13(17)9-10-4-3-5-11(14)8-10/h3-8,13,17H,2,9H2,1H3. The number of rotatable bonds is 4. The van der Waals surface area contributed by atoms with E-state index in [0.29, 0.717) is 6.42 Å². The fourth-order valence-electron chi connectivity index (χ4n) is 1.88. The molecule has 0 saturated heterocycles. The minimum absolute atomic E-state index is 0.508. The Morgan fingerprint density at radius 1 is 1.41 bits per heavy atom. The van der Waals surface area contributed by atoms with Gasteiger partial charge in [-0.25, -0.2) is 0 Å². The highest BCUT2D eigenvalue weighted by Crippen LogP contribution is 2.20. The van der Waals surface area contributed by atoms with Gasteiger partial charge in [-0.3, -0.25) is 4.68 Å². The van der Waals surface area contributed by atoms with Crippen LogP contribution in [-0.4, -0.2) is 14.9 Å². The molecule has 0 radical (unpaired) electrons. The molecule has 17 heavy (non-hydrogen) atoms. The van der Waals surface area contributed by atoms with Crippen LogP contribution in [0.15, 0.2) is 41.0 Å². The molecule has 1 aromatic carbocycles. The number of hydrogen-bond acceptors (Lipinski definition) is 2. The Morgan fingerprint density at radius 3 is 2.94 bits per heavy atom. The molecule has 0 spiro atoms. The first-order chi connectivity index (χ1) is 8.20. The predicted molar refractivity (Wildman–Crippen MR) is 70.7 cm³/mol. The zero-order valence-corrected chi connectivity index (χ0v) is 11.3. The molecule has 0 bridgehead atoms. The number of aryl methyl sites for hydroxylation is 1. The second-order valence-corrected chi connectivity index (χ2v) is 4.84. The maximum atomic E-state index is 10.2. The van der Waals surface area contributed by atoms with Crippen molar-refractivity contribution in [3.05, 3.63) is 52.3 Å². The summed E-state index contributed by atoms with van der Waals surface area (Å²) < 4.78 is 2.86. The molecule has 0 amide bonds. The van der Waals surface area contributed by atoms with Gasteiger partial charge < -0.3 is 5.11 Å². The normalized spacial score (nSPS) is 12.6. The lowest BCUT2D eigenvalue weighted by Gasteiger charge is -2.12. The van der Waals surface area contributed by atoms with Crippen molar-refractivity contribution in [2.45, 2.75) is 26.0 Å². The number of aromatic nitrogens is 2. The molecular formula is C13H15BrN2O. The molecule has 0 aliphatic rings. The van der Waals surface area contributed by atoms with E-state index in [1.165, 1.54) is 0 Å². The molecule has 0 fully saturated rings. The van der Waals surface area contributed by atoms with E-state index in [1.54, 1.807) is 6.20 Å². The van der Waals surface area contributed by atoms with E-state index in [9.17, 15) is 5.11 Å². The molecule has 1 aromatic heterocycles. The maximum Gasteiger partial charge on any atom is 0.0996 e. The molecule has 1 atom stereocenters. The summed E-state index contributed by atoms with van der Waals surface area (Å²) in [6.45, 7) is 2.79. The summed E-state index contributed by atoms with van der Waals surface area (Å²) in [7, 11) is 0. The van der Waals surface area contributed by atoms with E-state index < -0.39 is 6.10 Å². The minimum atomic E-state index is -0.508. The quantitative estimate of drug-likeness (QED) is 0.941. The summed E-state index contributed by atoms with van der Waals surface area (Å²) in [5.74, 6) is 0. The molecular weight excluding hydrogens is 280 g/mol. The van der Waals surface area contributed by atoms with Gasteiger partial charge in [0.05, 0.1) is 11.8 Å². The molecule has 90 valence electrons. The Labute approximate surface area is 109 Å². The summed E-state index contributed by atoms with van der Waals surface area (Å²) >= 11 is 3.43. The van der Waals surface area contributed by atoms with E-state index in [1.807, 2.05) is 41.9 Å². The van der Waals surface area contributed by atoms with Crippen LogP contribution in [0.2, 0.25) is 0 Å². The molecule has 1 heterocycles. The third-order valence-electron chi connectivity index (χ3n) is 2.71. The van der Waals surface area contributed by atoms with Crippen molar-refractivity contribution in [2.24, 2.45) is 0 Å². The predicted octanol–water partition coefficient (Wildman–Crippen LogP) is 2.94. The Bertz CT molecular complexity index is 496. The summed E-state index contributed by atoms with van der Waals surface area (Å²) in [6.07, 6.45) is 1.82. The van der Waals surface area contributed by atoms with Crippen LogP contribution in [0.3, 0.4) is 0 Å². The average Bonchev–Trinajstić information content (AvgIpc) is 2.77. The van der Waals surface area contributed by atoms with Crippen LogP contribution in [0.5, 0.6) is 0 Å². The fourth-order valence-corrected chi connectivity index (χ4v) is 2.33. The number of halogens is 1. The van der Waals surface area contributed by atoms with E-state index in [4.69, 9.17) is 0 Å². The van der Waals surface area contributed by atoms with Gasteiger partial charge in [-0.1, -0.05) is 28.1 Å². The zero-order valence-electron chi connectivity index (χ0n) is 9.68. The van der Waals surface area contributed by atoms with Crippen molar-refractivity contribution in [1.82, 2.24) is 9.78 Å². The fraction of sp³-hybridized carbons (Fsp3) is 0.308. The first-order valence-corrected chi connectivity index (χ1v) is 6.44. The Morgan fingerprint density at radius 2 is 2.24 bits per heavy atom. The highest BCUT2D eigenvalue weighted by atomic mass is 79.9. The molecule has 2 aromatic rings. The van der Waals surface area contributed by atoms with Crippen molar-refractivity contribution < 1.29 is 5.11 Å². The van der Waals surface area contributed by atoms with Gasteiger partial charge in [-0.15, -0.1) is 0 Å². The van der Waals surface area contributed by atoms with Crippen molar-refractivity contribution >= 4 is 15.9 Å². The van der Waals surface area contributed by atoms with E-state index in [-0.39, 0.29) is 0 Å². The van der Waals surface area contributed by atoms with Gasteiger partial charge in [-0.05, 0) is 30.7 Å². The second-order valence-electron chi connectivity index (χ2n) is 3.92. The molecule has 3 nitrogen and oxygen atoms in total. The first-order valence-electron chi connectivity index (χ1n) is 5.65. The molecule has 0 aliphatic carbocycles. The second kappa shape index (κ2) is 5.47. The van der Waals surface area contributed by atoms with Crippen molar-refractivity contribution in [1.29, 1.82) is 0 Å². The third-order valence-corrected chi connectivity index (χ3v) is 3.20. The van der Waals surface area contributed by atoms with Crippen LogP contribution in [0, 0.1) is 0 Å². The van der Waals surface area contributed by atoms with Gasteiger partial charge in [0.15, 0.2) is 0 Å². The average molecular weight is 295 g/mol. The lowest BCUT2D eigenvalue weighted by Crippen LogP contribution is -2.10. The van der Waals surface area contributed by atoms with E-state index in [0.717, 1.165) is 22.3 Å². The zero-order chi connectivity index (χ0) is 12.3. The molecule has 2 rings (SSSR count). The van der Waals surface area contributed by atoms with Crippen LogP contribution < -0.4 is 0 Å². The SMILES string of the molecule is CCn1nccc1C(O)Cc1cccc(Br)c1. The van der Waals surface area contributed by atoms with E-state index >= 15 is 0 Å². The number of hydrogen-bond donors (Lipinski definition) is 1. The number of benzene rings is 1. The molecule has 1 unspecified atom stereocenters. The molecule has 4 heteroatoms. The van der Waals surface area contributed by atoms with Gasteiger partial charge in [-0.2, -0.15) is 5.10 Å². The number of aliphatic hydroxyl groups is 1. The van der Waals surface area contributed by atoms with Crippen LogP contribution >= 0.6 is 15.9 Å². The van der Waals surface area contributed by atoms with Crippen LogP contribution in [0.1, 0.15) is 24.3 Å². The summed E-state index contributed by atoms with van der Waals surface area (Å²) in [5, 5.41) is 14.4. The van der Waals surface area contributed by atoms with Gasteiger partial charge in [0.25, 0.3) is 0 Å². The first kappa shape index (κ1) is 12.3. The third kappa shape index (κ3) is 2.96. The van der Waals surface area contributed by atoms with Gasteiger partial charge in [0.1, 0.15) is 0 Å². The highest BCUT2D eigenvalue weighted by molar-refractivity contribution is 9.10. The van der Waals surface area contributed by atoms with Crippen LogP contribution in [0.25, 0.3) is 0 Å². The van der Waals surface area contributed by atoms with Crippen molar-refractivity contribution in [2.75, 3.05) is 0 Å². The smallest absolute Gasteiger partial charge is 0.0996 e. The van der Waals surface area contributed by atoms with Crippen LogP contribution in [0.4, 0.5) is 0 Å². The van der Waals surface area contributed by atoms with Crippen molar-refractivity contribution in [3.63, 3.8) is 0 Å². The lowest BCUT2D eigenvalue weighted by atomic mass is 10.1.